The van der Waals surface area contributed by atoms with Crippen LogP contribution < -0.4 is 21.9 Å². The number of aromatic nitrogens is 2. The molecule has 2 saturated heterocycles. The molecule has 0 spiro atoms. The SMILES string of the molecule is [N-]=[N+]=NC[C@H]1O[C@H](O[C@H]2[C@@H](NCCCCNC(=O)[C@H]3O[C@@H](n4ccc(=O)[nH]c4=O)[C@H](O)[C@@H]3O)[C@@H](O)[C@H](N=[N+]=[N-])C[C@@H]2N=[N+]=[N-])[C@H](N=[N+]=[N-])[C@@H](O)[C@@H]1O. The number of rotatable bonds is 15. The predicted octanol–water partition coefficient (Wildman–Crippen LogP) is -2.05. The number of unbranched alkanes of at least 4 members (excludes halogenated alkanes) is 1. The lowest BCUT2D eigenvalue weighted by atomic mass is 9.82. The van der Waals surface area contributed by atoms with E-state index in [1.165, 1.54) is 0 Å². The molecule has 14 atom stereocenters. The molecular formula is C25H36N16O11. The Morgan fingerprint density at radius 2 is 1.60 bits per heavy atom. The predicted molar refractivity (Wildman–Crippen MR) is 170 cm³/mol. The van der Waals surface area contributed by atoms with E-state index >= 15 is 0 Å². The smallest absolute Gasteiger partial charge is 0.330 e. The number of aliphatic hydroxyl groups excluding tert-OH is 5. The summed E-state index contributed by atoms with van der Waals surface area (Å²) >= 11 is 0. The van der Waals surface area contributed by atoms with Gasteiger partial charge in [-0.15, -0.1) is 0 Å². The highest BCUT2D eigenvalue weighted by Crippen LogP contribution is 2.33. The Morgan fingerprint density at radius 1 is 0.904 bits per heavy atom. The fourth-order valence-electron chi connectivity index (χ4n) is 6.17. The second-order valence-corrected chi connectivity index (χ2v) is 11.9. The highest BCUT2D eigenvalue weighted by molar-refractivity contribution is 5.81. The fraction of sp³-hybridized carbons (Fsp3) is 0.800. The summed E-state index contributed by atoms with van der Waals surface area (Å²) in [5, 5.41) is 72.8. The molecule has 8 N–H and O–H groups in total. The van der Waals surface area contributed by atoms with Crippen molar-refractivity contribution < 1.29 is 44.5 Å². The van der Waals surface area contributed by atoms with Gasteiger partial charge in [0.1, 0.15) is 24.4 Å². The summed E-state index contributed by atoms with van der Waals surface area (Å²) in [7, 11) is 0. The van der Waals surface area contributed by atoms with Crippen LogP contribution in [0.4, 0.5) is 0 Å². The number of hydrogen-bond acceptors (Lipinski definition) is 16. The third-order valence-electron chi connectivity index (χ3n) is 8.75. The Hall–Kier alpha value is -4.97. The molecule has 3 aliphatic rings. The van der Waals surface area contributed by atoms with Gasteiger partial charge < -0.3 is 50.4 Å². The molecule has 27 heteroatoms. The molecule has 0 unspecified atom stereocenters. The minimum atomic E-state index is -1.74. The summed E-state index contributed by atoms with van der Waals surface area (Å²) < 4.78 is 18.0. The van der Waals surface area contributed by atoms with E-state index in [9.17, 15) is 45.4 Å². The van der Waals surface area contributed by atoms with Crippen molar-refractivity contribution in [3.05, 3.63) is 74.9 Å². The third-order valence-corrected chi connectivity index (χ3v) is 8.75. The molecule has 1 amide bonds. The monoisotopic (exact) mass is 736 g/mol. The summed E-state index contributed by atoms with van der Waals surface area (Å²) in [6.45, 7) is -0.281. The van der Waals surface area contributed by atoms with Crippen LogP contribution in [0.1, 0.15) is 25.5 Å². The minimum Gasteiger partial charge on any atom is -0.391 e. The molecule has 2 aliphatic heterocycles. The zero-order valence-corrected chi connectivity index (χ0v) is 27.0. The molecule has 3 fully saturated rings. The average molecular weight is 737 g/mol. The van der Waals surface area contributed by atoms with Crippen LogP contribution in [0.25, 0.3) is 41.8 Å². The molecule has 0 aromatic carbocycles. The largest absolute Gasteiger partial charge is 0.391 e. The van der Waals surface area contributed by atoms with Gasteiger partial charge in [0.15, 0.2) is 18.6 Å². The maximum absolute atomic E-state index is 12.8. The van der Waals surface area contributed by atoms with Gasteiger partial charge in [0.05, 0.1) is 49.1 Å². The van der Waals surface area contributed by atoms with Crippen LogP contribution in [0.15, 0.2) is 42.3 Å². The number of carbonyl (C=O) groups excluding carboxylic acids is 1. The van der Waals surface area contributed by atoms with Crippen LogP contribution >= 0.6 is 0 Å². The first-order valence-electron chi connectivity index (χ1n) is 15.8. The van der Waals surface area contributed by atoms with Gasteiger partial charge in [-0.1, -0.05) is 20.5 Å². The molecule has 0 bridgehead atoms. The second-order valence-electron chi connectivity index (χ2n) is 11.9. The lowest BCUT2D eigenvalue weighted by molar-refractivity contribution is -0.279. The number of hydrogen-bond donors (Lipinski definition) is 8. The summed E-state index contributed by atoms with van der Waals surface area (Å²) in [5.41, 5.74) is 34.6. The Morgan fingerprint density at radius 3 is 2.27 bits per heavy atom. The molecule has 1 aromatic heterocycles. The van der Waals surface area contributed by atoms with Crippen molar-refractivity contribution in [3.63, 3.8) is 0 Å². The molecular weight excluding hydrogens is 700 g/mol. The Bertz CT molecular complexity index is 1720. The van der Waals surface area contributed by atoms with E-state index in [4.69, 9.17) is 30.8 Å². The van der Waals surface area contributed by atoms with Crippen LogP contribution in [0.5, 0.6) is 0 Å². The van der Waals surface area contributed by atoms with Gasteiger partial charge in [0.25, 0.3) is 11.5 Å². The summed E-state index contributed by atoms with van der Waals surface area (Å²) in [5.74, 6) is -0.793. The summed E-state index contributed by atoms with van der Waals surface area (Å²) in [4.78, 5) is 49.1. The number of aromatic amines is 1. The van der Waals surface area contributed by atoms with Gasteiger partial charge in [-0.2, -0.15) is 0 Å². The van der Waals surface area contributed by atoms with E-state index in [1.807, 2.05) is 4.98 Å². The van der Waals surface area contributed by atoms with Crippen molar-refractivity contribution in [2.45, 2.75) is 105 Å². The zero-order valence-electron chi connectivity index (χ0n) is 27.0. The number of aliphatic hydroxyl groups is 5. The molecule has 27 nitrogen and oxygen atoms in total. The van der Waals surface area contributed by atoms with Crippen LogP contribution in [0.3, 0.4) is 0 Å². The van der Waals surface area contributed by atoms with Gasteiger partial charge in [0, 0.05) is 38.5 Å². The molecule has 1 saturated carbocycles. The molecule has 0 radical (unpaired) electrons. The standard InChI is InChI=1S/C25H36N16O11/c26-37-32-8-11-16(44)17(45)14(36-40-29)24(50-11)52-20-10(35-39-28)7-9(34-38-27)15(43)13(20)30-4-1-2-5-31-22(48)21-18(46)19(47)23(51-21)41-6-3-12(42)33-25(41)49/h3,6,9-11,13-21,23-24,30,43-47H,1-2,4-5,7-8H2,(H,31,48)(H,33,42,49)/t9-,10+,11-,13+,14-,15+,16-,17-,18+,19-,20-,21+,23-,24-/m1/s1. The van der Waals surface area contributed by atoms with Gasteiger partial charge in [-0.3, -0.25) is 19.1 Å². The van der Waals surface area contributed by atoms with Crippen molar-refractivity contribution in [2.24, 2.45) is 20.5 Å². The maximum atomic E-state index is 12.8. The van der Waals surface area contributed by atoms with Gasteiger partial charge in [-0.05, 0) is 47.9 Å². The summed E-state index contributed by atoms with van der Waals surface area (Å²) in [6, 6.07) is -3.88. The van der Waals surface area contributed by atoms with Crippen molar-refractivity contribution in [2.75, 3.05) is 19.6 Å². The second kappa shape index (κ2) is 18.5. The topological polar surface area (TPSA) is 420 Å². The highest BCUT2D eigenvalue weighted by Gasteiger charge is 2.50. The Balaban J connectivity index is 1.40. The number of amides is 1. The van der Waals surface area contributed by atoms with E-state index in [2.05, 4.69) is 50.7 Å². The first-order chi connectivity index (χ1) is 25.0. The highest BCUT2D eigenvalue weighted by atomic mass is 16.7. The number of ether oxygens (including phenoxy) is 3. The number of nitrogens with one attached hydrogen (secondary N) is 3. The number of azide groups is 4. The molecule has 52 heavy (non-hydrogen) atoms. The van der Waals surface area contributed by atoms with Crippen molar-refractivity contribution in [1.29, 1.82) is 0 Å². The maximum Gasteiger partial charge on any atom is 0.330 e. The Labute approximate surface area is 290 Å². The van der Waals surface area contributed by atoms with Crippen LogP contribution in [-0.4, -0.2) is 140 Å². The average Bonchev–Trinajstić information content (AvgIpc) is 3.41. The van der Waals surface area contributed by atoms with Crippen LogP contribution in [0.2, 0.25) is 0 Å². The van der Waals surface area contributed by atoms with E-state index in [-0.39, 0.29) is 19.5 Å². The minimum absolute atomic E-state index is 0.0405. The van der Waals surface area contributed by atoms with Gasteiger partial charge in [-0.25, -0.2) is 4.79 Å². The quantitative estimate of drug-likeness (QED) is 0.0418. The van der Waals surface area contributed by atoms with E-state index in [0.717, 1.165) is 16.8 Å². The Kier molecular flexibility index (Phi) is 14.2. The van der Waals surface area contributed by atoms with E-state index < -0.39 is 109 Å². The van der Waals surface area contributed by atoms with E-state index in [0.29, 0.717) is 12.8 Å². The lowest BCUT2D eigenvalue weighted by Crippen LogP contribution is -2.65. The first kappa shape index (κ1) is 39.8. The number of nitrogens with zero attached hydrogens (tertiary/aromatic N) is 13. The normalized spacial score (nSPS) is 35.6. The third kappa shape index (κ3) is 9.08. The van der Waals surface area contributed by atoms with Crippen LogP contribution in [-0.2, 0) is 19.0 Å². The lowest BCUT2D eigenvalue weighted by Gasteiger charge is -2.47. The fourth-order valence-corrected chi connectivity index (χ4v) is 6.17. The van der Waals surface area contributed by atoms with Crippen molar-refractivity contribution >= 4 is 5.91 Å². The van der Waals surface area contributed by atoms with Gasteiger partial charge in [0.2, 0.25) is 0 Å². The molecule has 282 valence electrons. The van der Waals surface area contributed by atoms with E-state index in [1.54, 1.807) is 0 Å². The first-order valence-corrected chi connectivity index (χ1v) is 15.8. The molecule has 3 heterocycles. The van der Waals surface area contributed by atoms with Crippen molar-refractivity contribution in [3.8, 4) is 0 Å². The number of carbonyl (C=O) groups is 1. The molecule has 1 aromatic rings. The summed E-state index contributed by atoms with van der Waals surface area (Å²) in [6.07, 6.45) is -13.9. The number of H-pyrrole nitrogens is 1. The zero-order chi connectivity index (χ0) is 37.9. The van der Waals surface area contributed by atoms with Crippen LogP contribution in [0, 0.1) is 0 Å². The molecule has 4 rings (SSSR count). The van der Waals surface area contributed by atoms with Crippen molar-refractivity contribution in [1.82, 2.24) is 20.2 Å². The molecule has 1 aliphatic carbocycles. The van der Waals surface area contributed by atoms with Gasteiger partial charge >= 0.3 is 5.69 Å².